The molecule has 1 N–H and O–H groups in total. The SMILES string of the molecule is CN(CCc1ccncc1)c1ccc(NC(=O)Cc2ccc(Cl)cc2)cn1. The number of benzene rings is 1. The van der Waals surface area contributed by atoms with Crippen LogP contribution in [0.4, 0.5) is 11.5 Å². The molecule has 0 atom stereocenters. The van der Waals surface area contributed by atoms with Gasteiger partial charge in [-0.25, -0.2) is 4.98 Å². The molecule has 0 saturated heterocycles. The van der Waals surface area contributed by atoms with Crippen LogP contribution in [0, 0.1) is 0 Å². The number of hydrogen-bond donors (Lipinski definition) is 1. The zero-order valence-corrected chi connectivity index (χ0v) is 15.9. The minimum atomic E-state index is -0.0853. The van der Waals surface area contributed by atoms with Gasteiger partial charge in [0.25, 0.3) is 0 Å². The van der Waals surface area contributed by atoms with Gasteiger partial charge in [-0.3, -0.25) is 9.78 Å². The van der Waals surface area contributed by atoms with Gasteiger partial charge in [0.15, 0.2) is 0 Å². The second-order valence-corrected chi connectivity index (χ2v) is 6.72. The summed E-state index contributed by atoms with van der Waals surface area (Å²) < 4.78 is 0. The van der Waals surface area contributed by atoms with Crippen LogP contribution in [-0.2, 0) is 17.6 Å². The number of likely N-dealkylation sites (N-methyl/N-ethyl adjacent to an activating group) is 1. The minimum Gasteiger partial charge on any atom is -0.359 e. The summed E-state index contributed by atoms with van der Waals surface area (Å²) in [6.07, 6.45) is 6.49. The smallest absolute Gasteiger partial charge is 0.228 e. The average Bonchev–Trinajstić information content (AvgIpc) is 2.69. The third-order valence-corrected chi connectivity index (χ3v) is 4.44. The van der Waals surface area contributed by atoms with E-state index < -0.39 is 0 Å². The molecular formula is C21H21ClN4O. The number of rotatable bonds is 7. The summed E-state index contributed by atoms with van der Waals surface area (Å²) in [5.41, 5.74) is 2.83. The van der Waals surface area contributed by atoms with Crippen molar-refractivity contribution < 1.29 is 4.79 Å². The van der Waals surface area contributed by atoms with Crippen molar-refractivity contribution in [2.75, 3.05) is 23.8 Å². The van der Waals surface area contributed by atoms with E-state index in [2.05, 4.69) is 20.2 Å². The van der Waals surface area contributed by atoms with Crippen molar-refractivity contribution >= 4 is 29.0 Å². The molecule has 0 aliphatic heterocycles. The first kappa shape index (κ1) is 18.9. The summed E-state index contributed by atoms with van der Waals surface area (Å²) in [4.78, 5) is 22.7. The Hall–Kier alpha value is -2.92. The van der Waals surface area contributed by atoms with Gasteiger partial charge in [-0.15, -0.1) is 0 Å². The Kier molecular flexibility index (Phi) is 6.39. The molecule has 0 fully saturated rings. The molecule has 2 aromatic heterocycles. The third kappa shape index (κ3) is 5.79. The second kappa shape index (κ2) is 9.14. The van der Waals surface area contributed by atoms with Gasteiger partial charge in [-0.2, -0.15) is 0 Å². The monoisotopic (exact) mass is 380 g/mol. The van der Waals surface area contributed by atoms with Crippen LogP contribution in [-0.4, -0.2) is 29.5 Å². The quantitative estimate of drug-likeness (QED) is 0.673. The van der Waals surface area contributed by atoms with Crippen molar-refractivity contribution in [3.63, 3.8) is 0 Å². The molecule has 0 aliphatic rings. The first-order valence-corrected chi connectivity index (χ1v) is 9.08. The normalized spacial score (nSPS) is 10.4. The molecule has 0 spiro atoms. The summed E-state index contributed by atoms with van der Waals surface area (Å²) in [6.45, 7) is 0.847. The highest BCUT2D eigenvalue weighted by Gasteiger charge is 2.07. The topological polar surface area (TPSA) is 58.1 Å². The molecule has 0 unspecified atom stereocenters. The van der Waals surface area contributed by atoms with E-state index in [0.717, 1.165) is 24.3 Å². The first-order chi connectivity index (χ1) is 13.1. The molecule has 27 heavy (non-hydrogen) atoms. The Morgan fingerprint density at radius 3 is 2.44 bits per heavy atom. The van der Waals surface area contributed by atoms with Crippen LogP contribution in [0.15, 0.2) is 67.1 Å². The lowest BCUT2D eigenvalue weighted by Gasteiger charge is -2.18. The van der Waals surface area contributed by atoms with Crippen molar-refractivity contribution in [1.82, 2.24) is 9.97 Å². The van der Waals surface area contributed by atoms with Gasteiger partial charge in [0, 0.05) is 31.0 Å². The number of hydrogen-bond acceptors (Lipinski definition) is 4. The van der Waals surface area contributed by atoms with Crippen molar-refractivity contribution in [3.05, 3.63) is 83.3 Å². The number of nitrogens with one attached hydrogen (secondary N) is 1. The summed E-state index contributed by atoms with van der Waals surface area (Å²) in [7, 11) is 2.00. The molecule has 1 aromatic carbocycles. The van der Waals surface area contributed by atoms with Crippen LogP contribution >= 0.6 is 11.6 Å². The molecule has 1 amide bonds. The highest BCUT2D eigenvalue weighted by atomic mass is 35.5. The molecule has 3 rings (SSSR count). The third-order valence-electron chi connectivity index (χ3n) is 4.19. The summed E-state index contributed by atoms with van der Waals surface area (Å²) >= 11 is 5.86. The Labute approximate surface area is 164 Å². The fourth-order valence-corrected chi connectivity index (χ4v) is 2.77. The molecule has 6 heteroatoms. The van der Waals surface area contributed by atoms with Gasteiger partial charge < -0.3 is 10.2 Å². The standard InChI is InChI=1S/C21H21ClN4O/c1-26(13-10-16-8-11-23-12-9-16)20-7-6-19(15-24-20)25-21(27)14-17-2-4-18(22)5-3-17/h2-9,11-12,15H,10,13-14H2,1H3,(H,25,27). The zero-order chi connectivity index (χ0) is 19.1. The van der Waals surface area contributed by atoms with Gasteiger partial charge in [-0.1, -0.05) is 23.7 Å². The van der Waals surface area contributed by atoms with E-state index in [1.807, 2.05) is 43.4 Å². The molecule has 0 bridgehead atoms. The lowest BCUT2D eigenvalue weighted by molar-refractivity contribution is -0.115. The molecule has 138 valence electrons. The number of anilines is 2. The number of aromatic nitrogens is 2. The maximum atomic E-state index is 12.2. The van der Waals surface area contributed by atoms with E-state index in [-0.39, 0.29) is 5.91 Å². The highest BCUT2D eigenvalue weighted by Crippen LogP contribution is 2.15. The molecule has 2 heterocycles. The zero-order valence-electron chi connectivity index (χ0n) is 15.1. The van der Waals surface area contributed by atoms with Crippen LogP contribution < -0.4 is 10.2 Å². The summed E-state index contributed by atoms with van der Waals surface area (Å²) in [6, 6.07) is 15.1. The Morgan fingerprint density at radius 1 is 1.04 bits per heavy atom. The molecule has 0 aliphatic carbocycles. The van der Waals surface area contributed by atoms with E-state index in [4.69, 9.17) is 11.6 Å². The molecule has 3 aromatic rings. The second-order valence-electron chi connectivity index (χ2n) is 6.28. The van der Waals surface area contributed by atoms with Crippen LogP contribution in [0.5, 0.6) is 0 Å². The largest absolute Gasteiger partial charge is 0.359 e. The van der Waals surface area contributed by atoms with Crippen LogP contribution in [0.2, 0.25) is 5.02 Å². The fraction of sp³-hybridized carbons (Fsp3) is 0.190. The van der Waals surface area contributed by atoms with Crippen molar-refractivity contribution in [2.45, 2.75) is 12.8 Å². The van der Waals surface area contributed by atoms with E-state index in [1.165, 1.54) is 5.56 Å². The minimum absolute atomic E-state index is 0.0853. The maximum absolute atomic E-state index is 12.2. The van der Waals surface area contributed by atoms with Crippen molar-refractivity contribution in [1.29, 1.82) is 0 Å². The first-order valence-electron chi connectivity index (χ1n) is 8.70. The molecule has 0 radical (unpaired) electrons. The Balaban J connectivity index is 1.51. The predicted octanol–water partition coefficient (Wildman–Crippen LogP) is 3.99. The maximum Gasteiger partial charge on any atom is 0.228 e. The van der Waals surface area contributed by atoms with Gasteiger partial charge >= 0.3 is 0 Å². The number of carbonyl (C=O) groups is 1. The van der Waals surface area contributed by atoms with Crippen LogP contribution in [0.1, 0.15) is 11.1 Å². The lowest BCUT2D eigenvalue weighted by Crippen LogP contribution is -2.21. The molecule has 5 nitrogen and oxygen atoms in total. The van der Waals surface area contributed by atoms with Gasteiger partial charge in [0.05, 0.1) is 18.3 Å². The Bertz CT molecular complexity index is 867. The number of nitrogens with zero attached hydrogens (tertiary/aromatic N) is 3. The summed E-state index contributed by atoms with van der Waals surface area (Å²) in [5, 5.41) is 3.53. The highest BCUT2D eigenvalue weighted by molar-refractivity contribution is 6.30. The van der Waals surface area contributed by atoms with Crippen molar-refractivity contribution in [3.8, 4) is 0 Å². The number of pyridine rings is 2. The van der Waals surface area contributed by atoms with Gasteiger partial charge in [0.1, 0.15) is 5.82 Å². The fourth-order valence-electron chi connectivity index (χ4n) is 2.64. The molecule has 0 saturated carbocycles. The number of amides is 1. The Morgan fingerprint density at radius 2 is 1.78 bits per heavy atom. The number of halogens is 1. The van der Waals surface area contributed by atoms with E-state index in [0.29, 0.717) is 17.1 Å². The average molecular weight is 381 g/mol. The van der Waals surface area contributed by atoms with Gasteiger partial charge in [0.2, 0.25) is 5.91 Å². The molecular weight excluding hydrogens is 360 g/mol. The van der Waals surface area contributed by atoms with Gasteiger partial charge in [-0.05, 0) is 53.9 Å². The van der Waals surface area contributed by atoms with E-state index in [1.54, 1.807) is 30.7 Å². The van der Waals surface area contributed by atoms with E-state index >= 15 is 0 Å². The summed E-state index contributed by atoms with van der Waals surface area (Å²) in [5.74, 6) is 0.776. The van der Waals surface area contributed by atoms with Crippen molar-refractivity contribution in [2.24, 2.45) is 0 Å². The van der Waals surface area contributed by atoms with E-state index in [9.17, 15) is 4.79 Å². The van der Waals surface area contributed by atoms with Crippen LogP contribution in [0.25, 0.3) is 0 Å². The van der Waals surface area contributed by atoms with Crippen LogP contribution in [0.3, 0.4) is 0 Å². The predicted molar refractivity (Wildman–Crippen MR) is 109 cm³/mol. The number of carbonyl (C=O) groups excluding carboxylic acids is 1. The lowest BCUT2D eigenvalue weighted by atomic mass is 10.1.